The van der Waals surface area contributed by atoms with Crippen LogP contribution in [0.3, 0.4) is 0 Å². The van der Waals surface area contributed by atoms with Crippen LogP contribution in [0.1, 0.15) is 39.0 Å². The van der Waals surface area contributed by atoms with Crippen LogP contribution in [0.25, 0.3) is 0 Å². The molecule has 2 rings (SSSR count). The number of nitrogens with zero attached hydrogens (tertiary/aromatic N) is 1. The lowest BCUT2D eigenvalue weighted by Gasteiger charge is -2.29. The van der Waals surface area contributed by atoms with Gasteiger partial charge in [0.25, 0.3) is 0 Å². The zero-order valence-electron chi connectivity index (χ0n) is 12.9. The lowest BCUT2D eigenvalue weighted by molar-refractivity contribution is -0.122. The quantitative estimate of drug-likeness (QED) is 0.703. The van der Waals surface area contributed by atoms with Crippen LogP contribution in [0.2, 0.25) is 5.15 Å². The minimum atomic E-state index is -0.322. The number of hydrogen-bond acceptors (Lipinski definition) is 4. The molecule has 1 aromatic rings. The molecule has 0 aromatic carbocycles. The van der Waals surface area contributed by atoms with E-state index in [0.29, 0.717) is 23.2 Å². The van der Waals surface area contributed by atoms with E-state index in [9.17, 15) is 4.79 Å². The molecule has 6 heteroatoms. The molecule has 0 radical (unpaired) electrons. The first-order valence-corrected chi connectivity index (χ1v) is 8.30. The Balaban J connectivity index is 1.88. The van der Waals surface area contributed by atoms with Crippen molar-refractivity contribution in [2.45, 2.75) is 51.1 Å². The first-order chi connectivity index (χ1) is 10.6. The molecule has 22 heavy (non-hydrogen) atoms. The maximum atomic E-state index is 12.4. The van der Waals surface area contributed by atoms with E-state index < -0.39 is 0 Å². The van der Waals surface area contributed by atoms with Crippen molar-refractivity contribution in [3.63, 3.8) is 0 Å². The summed E-state index contributed by atoms with van der Waals surface area (Å²) in [5.41, 5.74) is 0.676. The number of hydrogen-bond donors (Lipinski definition) is 3. The summed E-state index contributed by atoms with van der Waals surface area (Å²) in [5, 5.41) is 15.8. The fourth-order valence-electron chi connectivity index (χ4n) is 2.83. The molecule has 0 aliphatic heterocycles. The summed E-state index contributed by atoms with van der Waals surface area (Å²) in [4.78, 5) is 16.4. The number of anilines is 1. The molecule has 1 fully saturated rings. The van der Waals surface area contributed by atoms with Gasteiger partial charge in [0, 0.05) is 18.8 Å². The lowest BCUT2D eigenvalue weighted by Crippen LogP contribution is -2.45. The smallest absolute Gasteiger partial charge is 0.242 e. The van der Waals surface area contributed by atoms with Crippen molar-refractivity contribution < 1.29 is 9.90 Å². The van der Waals surface area contributed by atoms with Crippen molar-refractivity contribution in [2.24, 2.45) is 5.92 Å². The van der Waals surface area contributed by atoms with Gasteiger partial charge in [-0.25, -0.2) is 4.98 Å². The Morgan fingerprint density at radius 1 is 1.45 bits per heavy atom. The van der Waals surface area contributed by atoms with E-state index in [2.05, 4.69) is 15.6 Å². The highest BCUT2D eigenvalue weighted by Crippen LogP contribution is 2.24. The summed E-state index contributed by atoms with van der Waals surface area (Å²) in [7, 11) is 0. The molecule has 1 aliphatic carbocycles. The fraction of sp³-hybridized carbons (Fsp3) is 0.625. The van der Waals surface area contributed by atoms with Gasteiger partial charge in [-0.2, -0.15) is 0 Å². The third-order valence-corrected chi connectivity index (χ3v) is 4.57. The van der Waals surface area contributed by atoms with Crippen molar-refractivity contribution in [3.8, 4) is 0 Å². The number of carbonyl (C=O) groups excluding carboxylic acids is 1. The lowest BCUT2D eigenvalue weighted by atomic mass is 9.86. The van der Waals surface area contributed by atoms with Gasteiger partial charge in [-0.3, -0.25) is 4.79 Å². The second-order valence-corrected chi connectivity index (χ2v) is 6.21. The van der Waals surface area contributed by atoms with Gasteiger partial charge in [0.05, 0.1) is 5.69 Å². The Labute approximate surface area is 136 Å². The van der Waals surface area contributed by atoms with E-state index in [4.69, 9.17) is 16.7 Å². The highest BCUT2D eigenvalue weighted by atomic mass is 35.5. The van der Waals surface area contributed by atoms with E-state index >= 15 is 0 Å². The van der Waals surface area contributed by atoms with Gasteiger partial charge in [0.1, 0.15) is 6.04 Å². The summed E-state index contributed by atoms with van der Waals surface area (Å²) in [6.07, 6.45) is 6.10. The zero-order valence-corrected chi connectivity index (χ0v) is 13.6. The van der Waals surface area contributed by atoms with Gasteiger partial charge in [0.15, 0.2) is 5.15 Å². The fourth-order valence-corrected chi connectivity index (χ4v) is 3.00. The average Bonchev–Trinajstić information content (AvgIpc) is 2.54. The van der Waals surface area contributed by atoms with Crippen molar-refractivity contribution in [1.82, 2.24) is 10.3 Å². The number of pyridine rings is 1. The molecule has 1 aromatic heterocycles. The molecule has 1 saturated carbocycles. The van der Waals surface area contributed by atoms with Crippen molar-refractivity contribution in [1.29, 1.82) is 0 Å². The number of amides is 1. The standard InChI is InChI=1S/C16H24ClN3O2/c1-2-13(20-14-4-3-9-18-15(14)17)16(22)19-12-7-5-11(10-21)6-8-12/h3-4,9,11-13,20-21H,2,5-8,10H2,1H3,(H,19,22). The van der Waals surface area contributed by atoms with Gasteiger partial charge >= 0.3 is 0 Å². The first-order valence-electron chi connectivity index (χ1n) is 7.92. The third kappa shape index (κ3) is 4.58. The number of aromatic nitrogens is 1. The number of nitrogens with one attached hydrogen (secondary N) is 2. The summed E-state index contributed by atoms with van der Waals surface area (Å²) in [5.74, 6) is 0.386. The summed E-state index contributed by atoms with van der Waals surface area (Å²) < 4.78 is 0. The second-order valence-electron chi connectivity index (χ2n) is 5.86. The molecule has 5 nitrogen and oxygen atoms in total. The molecule has 0 saturated heterocycles. The van der Waals surface area contributed by atoms with Crippen LogP contribution in [0, 0.1) is 5.92 Å². The molecular formula is C16H24ClN3O2. The summed E-state index contributed by atoms with van der Waals surface area (Å²) >= 11 is 6.02. The normalized spacial score (nSPS) is 22.9. The van der Waals surface area contributed by atoms with Crippen molar-refractivity contribution >= 4 is 23.2 Å². The summed E-state index contributed by atoms with van der Waals surface area (Å²) in [6.45, 7) is 2.21. The maximum Gasteiger partial charge on any atom is 0.242 e. The van der Waals surface area contributed by atoms with Gasteiger partial charge < -0.3 is 15.7 Å². The van der Waals surface area contributed by atoms with Crippen molar-refractivity contribution in [2.75, 3.05) is 11.9 Å². The number of aliphatic hydroxyl groups is 1. The topological polar surface area (TPSA) is 74.2 Å². The molecule has 1 amide bonds. The maximum absolute atomic E-state index is 12.4. The molecule has 1 heterocycles. The predicted octanol–water partition coefficient (Wildman–Crippen LogP) is 2.59. The largest absolute Gasteiger partial charge is 0.396 e. The van der Waals surface area contributed by atoms with Gasteiger partial charge in [0.2, 0.25) is 5.91 Å². The van der Waals surface area contributed by atoms with Crippen LogP contribution in [0.4, 0.5) is 5.69 Å². The van der Waals surface area contributed by atoms with Crippen LogP contribution in [0.5, 0.6) is 0 Å². The molecule has 0 bridgehead atoms. The Bertz CT molecular complexity index is 490. The van der Waals surface area contributed by atoms with Gasteiger partial charge in [-0.05, 0) is 50.2 Å². The summed E-state index contributed by atoms with van der Waals surface area (Å²) in [6, 6.07) is 3.49. The van der Waals surface area contributed by atoms with Crippen molar-refractivity contribution in [3.05, 3.63) is 23.5 Å². The van der Waals surface area contributed by atoms with Crippen LogP contribution in [-0.2, 0) is 4.79 Å². The number of rotatable bonds is 6. The average molecular weight is 326 g/mol. The van der Waals surface area contributed by atoms with E-state index in [1.807, 2.05) is 13.0 Å². The number of aliphatic hydroxyl groups excluding tert-OH is 1. The minimum Gasteiger partial charge on any atom is -0.396 e. The van der Waals surface area contributed by atoms with Crippen LogP contribution in [0.15, 0.2) is 18.3 Å². The van der Waals surface area contributed by atoms with Gasteiger partial charge in [-0.15, -0.1) is 0 Å². The predicted molar refractivity (Wildman–Crippen MR) is 87.9 cm³/mol. The molecule has 1 aliphatic rings. The third-order valence-electron chi connectivity index (χ3n) is 4.26. The second kappa shape index (κ2) is 8.34. The highest BCUT2D eigenvalue weighted by molar-refractivity contribution is 6.32. The van der Waals surface area contributed by atoms with Crippen LogP contribution in [-0.4, -0.2) is 34.7 Å². The number of carbonyl (C=O) groups is 1. The minimum absolute atomic E-state index is 0.00475. The van der Waals surface area contributed by atoms with E-state index in [0.717, 1.165) is 25.7 Å². The Kier molecular flexibility index (Phi) is 6.46. The molecule has 1 atom stereocenters. The van der Waals surface area contributed by atoms with Crippen LogP contribution >= 0.6 is 11.6 Å². The first kappa shape index (κ1) is 17.0. The van der Waals surface area contributed by atoms with Gasteiger partial charge in [-0.1, -0.05) is 18.5 Å². The molecule has 1 unspecified atom stereocenters. The SMILES string of the molecule is CCC(Nc1cccnc1Cl)C(=O)NC1CCC(CO)CC1. The highest BCUT2D eigenvalue weighted by Gasteiger charge is 2.25. The van der Waals surface area contributed by atoms with E-state index in [1.54, 1.807) is 12.3 Å². The number of halogens is 1. The Morgan fingerprint density at radius 2 is 2.18 bits per heavy atom. The monoisotopic (exact) mass is 325 g/mol. The van der Waals surface area contributed by atoms with Crippen LogP contribution < -0.4 is 10.6 Å². The Hall–Kier alpha value is -1.33. The zero-order chi connectivity index (χ0) is 15.9. The van der Waals surface area contributed by atoms with E-state index in [1.165, 1.54) is 0 Å². The van der Waals surface area contributed by atoms with E-state index in [-0.39, 0.29) is 24.6 Å². The Morgan fingerprint density at radius 3 is 2.77 bits per heavy atom. The molecule has 3 N–H and O–H groups in total. The molecule has 0 spiro atoms. The molecule has 122 valence electrons. The molecular weight excluding hydrogens is 302 g/mol.